The second kappa shape index (κ2) is 7.61. The van der Waals surface area contributed by atoms with Crippen molar-refractivity contribution in [1.29, 1.82) is 0 Å². The predicted octanol–water partition coefficient (Wildman–Crippen LogP) is 1.85. The lowest BCUT2D eigenvalue weighted by Gasteiger charge is -2.11. The highest BCUT2D eigenvalue weighted by atomic mass is 79.9. The standard InChI is InChI=1S/C15H16BBrO4/c1-20-15-6-5-13(16(18)19)8-12(15)10-21-9-11-3-2-4-14(17)7-11/h2-8,18-19H,9-10H2,1H3. The van der Waals surface area contributed by atoms with Crippen LogP contribution in [0.3, 0.4) is 0 Å². The molecule has 2 N–H and O–H groups in total. The highest BCUT2D eigenvalue weighted by molar-refractivity contribution is 9.10. The van der Waals surface area contributed by atoms with E-state index in [0.717, 1.165) is 15.6 Å². The van der Waals surface area contributed by atoms with Crippen LogP contribution in [-0.2, 0) is 18.0 Å². The minimum atomic E-state index is -1.50. The summed E-state index contributed by atoms with van der Waals surface area (Å²) in [5.74, 6) is 0.661. The number of rotatable bonds is 6. The zero-order chi connectivity index (χ0) is 15.2. The normalized spacial score (nSPS) is 10.5. The van der Waals surface area contributed by atoms with E-state index < -0.39 is 7.12 Å². The summed E-state index contributed by atoms with van der Waals surface area (Å²) in [7, 11) is 0.0714. The Morgan fingerprint density at radius 3 is 2.57 bits per heavy atom. The molecule has 0 aliphatic carbocycles. The molecular formula is C15H16BBrO4. The van der Waals surface area contributed by atoms with Crippen LogP contribution in [0.1, 0.15) is 11.1 Å². The summed E-state index contributed by atoms with van der Waals surface area (Å²) in [5.41, 5.74) is 2.25. The minimum absolute atomic E-state index is 0.330. The highest BCUT2D eigenvalue weighted by Crippen LogP contribution is 2.19. The van der Waals surface area contributed by atoms with Gasteiger partial charge in [-0.25, -0.2) is 0 Å². The van der Waals surface area contributed by atoms with Gasteiger partial charge in [-0.2, -0.15) is 0 Å². The van der Waals surface area contributed by atoms with Gasteiger partial charge in [0.2, 0.25) is 0 Å². The van der Waals surface area contributed by atoms with E-state index in [9.17, 15) is 10.0 Å². The maximum atomic E-state index is 9.21. The molecule has 6 heteroatoms. The first kappa shape index (κ1) is 16.0. The third-order valence-corrected chi connectivity index (χ3v) is 3.51. The third kappa shape index (κ3) is 4.57. The van der Waals surface area contributed by atoms with Crippen molar-refractivity contribution in [2.75, 3.05) is 7.11 Å². The molecule has 0 bridgehead atoms. The largest absolute Gasteiger partial charge is 0.496 e. The Labute approximate surface area is 132 Å². The Bertz CT molecular complexity index is 604. The van der Waals surface area contributed by atoms with Gasteiger partial charge in [0.15, 0.2) is 0 Å². The van der Waals surface area contributed by atoms with Crippen molar-refractivity contribution in [3.63, 3.8) is 0 Å². The summed E-state index contributed by atoms with van der Waals surface area (Å²) in [6.07, 6.45) is 0. The molecule has 0 saturated heterocycles. The lowest BCUT2D eigenvalue weighted by molar-refractivity contribution is 0.105. The first-order valence-corrected chi connectivity index (χ1v) is 7.24. The Kier molecular flexibility index (Phi) is 5.81. The third-order valence-electron chi connectivity index (χ3n) is 3.02. The van der Waals surface area contributed by atoms with Gasteiger partial charge in [0.05, 0.1) is 20.3 Å². The Hall–Kier alpha value is -1.34. The quantitative estimate of drug-likeness (QED) is 0.781. The molecule has 0 aliphatic heterocycles. The molecule has 0 fully saturated rings. The number of halogens is 1. The van der Waals surface area contributed by atoms with Gasteiger partial charge in [-0.15, -0.1) is 0 Å². The summed E-state index contributed by atoms with van der Waals surface area (Å²) in [4.78, 5) is 0. The van der Waals surface area contributed by atoms with Gasteiger partial charge in [-0.3, -0.25) is 0 Å². The molecule has 0 aromatic heterocycles. The van der Waals surface area contributed by atoms with E-state index in [4.69, 9.17) is 9.47 Å². The van der Waals surface area contributed by atoms with Crippen LogP contribution >= 0.6 is 15.9 Å². The topological polar surface area (TPSA) is 58.9 Å². The number of benzene rings is 2. The first-order chi connectivity index (χ1) is 10.1. The van der Waals surface area contributed by atoms with Crippen molar-refractivity contribution >= 4 is 28.5 Å². The fraction of sp³-hybridized carbons (Fsp3) is 0.200. The number of methoxy groups -OCH3 is 1. The summed E-state index contributed by atoms with van der Waals surface area (Å²) in [6.45, 7) is 0.796. The van der Waals surface area contributed by atoms with Crippen LogP contribution in [0.2, 0.25) is 0 Å². The van der Waals surface area contributed by atoms with Crippen LogP contribution in [0.4, 0.5) is 0 Å². The molecule has 0 spiro atoms. The second-order valence-electron chi connectivity index (χ2n) is 4.57. The lowest BCUT2D eigenvalue weighted by Crippen LogP contribution is -2.30. The average molecular weight is 351 g/mol. The molecule has 0 amide bonds. The van der Waals surface area contributed by atoms with Crippen molar-refractivity contribution in [2.45, 2.75) is 13.2 Å². The van der Waals surface area contributed by atoms with E-state index in [1.807, 2.05) is 24.3 Å². The van der Waals surface area contributed by atoms with Crippen molar-refractivity contribution in [2.24, 2.45) is 0 Å². The van der Waals surface area contributed by atoms with E-state index >= 15 is 0 Å². The molecule has 0 atom stereocenters. The minimum Gasteiger partial charge on any atom is -0.496 e. The molecule has 0 heterocycles. The summed E-state index contributed by atoms with van der Waals surface area (Å²) < 4.78 is 11.9. The van der Waals surface area contributed by atoms with Gasteiger partial charge in [0.1, 0.15) is 5.75 Å². The molecule has 21 heavy (non-hydrogen) atoms. The summed E-state index contributed by atoms with van der Waals surface area (Å²) in [6, 6.07) is 12.9. The molecule has 0 unspecified atom stereocenters. The Morgan fingerprint density at radius 1 is 1.10 bits per heavy atom. The van der Waals surface area contributed by atoms with E-state index in [2.05, 4.69) is 15.9 Å². The summed E-state index contributed by atoms with van der Waals surface area (Å²) >= 11 is 3.42. The van der Waals surface area contributed by atoms with E-state index in [0.29, 0.717) is 24.4 Å². The molecule has 0 aliphatic rings. The molecule has 4 nitrogen and oxygen atoms in total. The number of hydrogen-bond acceptors (Lipinski definition) is 4. The van der Waals surface area contributed by atoms with Crippen LogP contribution in [-0.4, -0.2) is 24.3 Å². The summed E-state index contributed by atoms with van der Waals surface area (Å²) in [5, 5.41) is 18.4. The van der Waals surface area contributed by atoms with Gasteiger partial charge in [0.25, 0.3) is 0 Å². The zero-order valence-corrected chi connectivity index (χ0v) is 13.2. The van der Waals surface area contributed by atoms with Gasteiger partial charge < -0.3 is 19.5 Å². The number of ether oxygens (including phenoxy) is 2. The van der Waals surface area contributed by atoms with Crippen LogP contribution in [0.25, 0.3) is 0 Å². The fourth-order valence-electron chi connectivity index (χ4n) is 1.98. The van der Waals surface area contributed by atoms with Crippen LogP contribution in [0.5, 0.6) is 5.75 Å². The molecule has 2 aromatic carbocycles. The lowest BCUT2D eigenvalue weighted by atomic mass is 9.79. The molecular weight excluding hydrogens is 335 g/mol. The predicted molar refractivity (Wildman–Crippen MR) is 85.5 cm³/mol. The number of hydrogen-bond donors (Lipinski definition) is 2. The van der Waals surface area contributed by atoms with E-state index in [-0.39, 0.29) is 0 Å². The van der Waals surface area contributed by atoms with Crippen molar-refractivity contribution in [3.8, 4) is 5.75 Å². The van der Waals surface area contributed by atoms with Crippen LogP contribution < -0.4 is 10.2 Å². The Balaban J connectivity index is 2.03. The van der Waals surface area contributed by atoms with Crippen LogP contribution in [0.15, 0.2) is 46.9 Å². The van der Waals surface area contributed by atoms with Gasteiger partial charge in [0, 0.05) is 10.0 Å². The maximum absolute atomic E-state index is 9.21. The van der Waals surface area contributed by atoms with Crippen molar-refractivity contribution in [3.05, 3.63) is 58.1 Å². The Morgan fingerprint density at radius 2 is 1.90 bits per heavy atom. The average Bonchev–Trinajstić information content (AvgIpc) is 2.47. The second-order valence-corrected chi connectivity index (χ2v) is 5.48. The maximum Gasteiger partial charge on any atom is 0.488 e. The van der Waals surface area contributed by atoms with Gasteiger partial charge in [-0.1, -0.05) is 40.2 Å². The molecule has 0 radical (unpaired) electrons. The highest BCUT2D eigenvalue weighted by Gasteiger charge is 2.13. The smallest absolute Gasteiger partial charge is 0.488 e. The molecule has 110 valence electrons. The van der Waals surface area contributed by atoms with Crippen LogP contribution in [0, 0.1) is 0 Å². The zero-order valence-electron chi connectivity index (χ0n) is 11.6. The van der Waals surface area contributed by atoms with Gasteiger partial charge >= 0.3 is 7.12 Å². The SMILES string of the molecule is COc1ccc(B(O)O)cc1COCc1cccc(Br)c1. The first-order valence-electron chi connectivity index (χ1n) is 6.45. The van der Waals surface area contributed by atoms with Crippen molar-refractivity contribution in [1.82, 2.24) is 0 Å². The molecule has 2 aromatic rings. The molecule has 0 saturated carbocycles. The molecule has 2 rings (SSSR count). The van der Waals surface area contributed by atoms with E-state index in [1.165, 1.54) is 0 Å². The van der Waals surface area contributed by atoms with Crippen molar-refractivity contribution < 1.29 is 19.5 Å². The van der Waals surface area contributed by atoms with Gasteiger partial charge in [-0.05, 0) is 29.2 Å². The monoisotopic (exact) mass is 350 g/mol. The fourth-order valence-corrected chi connectivity index (χ4v) is 2.42. The van der Waals surface area contributed by atoms with E-state index in [1.54, 1.807) is 25.3 Å².